The van der Waals surface area contributed by atoms with E-state index in [1.165, 1.54) is 0 Å². The largest absolute Gasteiger partial charge is 0.299 e. The summed E-state index contributed by atoms with van der Waals surface area (Å²) in [5, 5.41) is 4.39. The summed E-state index contributed by atoms with van der Waals surface area (Å²) in [6, 6.07) is 9.70. The molecular formula is C10H14N4S. The SMILES string of the molecule is CC(C)=NNC(=S)NNc1ccccc1. The molecule has 4 nitrogen and oxygen atoms in total. The van der Waals surface area contributed by atoms with E-state index < -0.39 is 0 Å². The monoisotopic (exact) mass is 222 g/mol. The molecule has 1 aromatic carbocycles. The van der Waals surface area contributed by atoms with Crippen LogP contribution in [-0.2, 0) is 0 Å². The van der Waals surface area contributed by atoms with Crippen LogP contribution in [0.25, 0.3) is 0 Å². The number of thiocarbonyl (C=S) groups is 1. The summed E-state index contributed by atoms with van der Waals surface area (Å²) >= 11 is 4.98. The van der Waals surface area contributed by atoms with Gasteiger partial charge in [-0.15, -0.1) is 0 Å². The van der Waals surface area contributed by atoms with Crippen molar-refractivity contribution in [3.05, 3.63) is 30.3 Å². The van der Waals surface area contributed by atoms with Crippen LogP contribution < -0.4 is 16.3 Å². The topological polar surface area (TPSA) is 48.5 Å². The molecule has 0 aliphatic rings. The van der Waals surface area contributed by atoms with Gasteiger partial charge >= 0.3 is 0 Å². The van der Waals surface area contributed by atoms with Crippen molar-refractivity contribution in [1.82, 2.24) is 10.9 Å². The van der Waals surface area contributed by atoms with Crippen molar-refractivity contribution in [3.8, 4) is 0 Å². The molecule has 15 heavy (non-hydrogen) atoms. The molecule has 0 heterocycles. The van der Waals surface area contributed by atoms with E-state index in [9.17, 15) is 0 Å². The Hall–Kier alpha value is -1.62. The molecule has 0 fully saturated rings. The Bertz CT molecular complexity index is 344. The Labute approximate surface area is 94.7 Å². The minimum Gasteiger partial charge on any atom is -0.299 e. The Morgan fingerprint density at radius 2 is 1.87 bits per heavy atom. The number of hydrogen-bond donors (Lipinski definition) is 3. The van der Waals surface area contributed by atoms with Gasteiger partial charge in [-0.2, -0.15) is 5.10 Å². The summed E-state index contributed by atoms with van der Waals surface area (Å²) < 4.78 is 0. The van der Waals surface area contributed by atoms with Crippen molar-refractivity contribution >= 4 is 28.7 Å². The summed E-state index contributed by atoms with van der Waals surface area (Å²) in [5.41, 5.74) is 10.3. The van der Waals surface area contributed by atoms with Crippen molar-refractivity contribution < 1.29 is 0 Å². The number of hydrazone groups is 1. The van der Waals surface area contributed by atoms with E-state index in [4.69, 9.17) is 12.2 Å². The fourth-order valence-electron chi connectivity index (χ4n) is 0.841. The summed E-state index contributed by atoms with van der Waals surface area (Å²) in [7, 11) is 0. The highest BCUT2D eigenvalue weighted by Crippen LogP contribution is 2.02. The third kappa shape index (κ3) is 4.97. The van der Waals surface area contributed by atoms with Gasteiger partial charge in [0.05, 0.1) is 5.69 Å². The Morgan fingerprint density at radius 1 is 1.20 bits per heavy atom. The van der Waals surface area contributed by atoms with Crippen LogP contribution in [-0.4, -0.2) is 10.8 Å². The molecule has 0 spiro atoms. The first-order chi connectivity index (χ1) is 7.18. The summed E-state index contributed by atoms with van der Waals surface area (Å²) in [6.07, 6.45) is 0. The average Bonchev–Trinajstić information content (AvgIpc) is 2.25. The molecule has 0 aliphatic carbocycles. The van der Waals surface area contributed by atoms with E-state index in [0.717, 1.165) is 11.4 Å². The van der Waals surface area contributed by atoms with E-state index in [-0.39, 0.29) is 0 Å². The quantitative estimate of drug-likeness (QED) is 0.415. The van der Waals surface area contributed by atoms with Crippen molar-refractivity contribution in [2.24, 2.45) is 5.10 Å². The molecule has 80 valence electrons. The molecule has 0 atom stereocenters. The van der Waals surface area contributed by atoms with E-state index >= 15 is 0 Å². The smallest absolute Gasteiger partial charge is 0.205 e. The molecule has 0 amide bonds. The van der Waals surface area contributed by atoms with Gasteiger partial charge in [-0.1, -0.05) is 18.2 Å². The normalized spacial score (nSPS) is 8.93. The third-order valence-electron chi connectivity index (χ3n) is 1.48. The van der Waals surface area contributed by atoms with Gasteiger partial charge in [0, 0.05) is 5.71 Å². The summed E-state index contributed by atoms with van der Waals surface area (Å²) in [6.45, 7) is 3.78. The minimum atomic E-state index is 0.431. The molecule has 0 aromatic heterocycles. The second-order valence-electron chi connectivity index (χ2n) is 3.12. The van der Waals surface area contributed by atoms with Crippen LogP contribution in [0.4, 0.5) is 5.69 Å². The van der Waals surface area contributed by atoms with Crippen molar-refractivity contribution in [1.29, 1.82) is 0 Å². The molecule has 3 N–H and O–H groups in total. The highest BCUT2D eigenvalue weighted by atomic mass is 32.1. The molecule has 1 aromatic rings. The molecule has 5 heteroatoms. The predicted octanol–water partition coefficient (Wildman–Crippen LogP) is 1.87. The molecule has 0 aliphatic heterocycles. The van der Waals surface area contributed by atoms with Gasteiger partial charge < -0.3 is 0 Å². The van der Waals surface area contributed by atoms with E-state index in [1.807, 2.05) is 44.2 Å². The first-order valence-corrected chi connectivity index (χ1v) is 4.97. The van der Waals surface area contributed by atoms with Gasteiger partial charge in [-0.3, -0.25) is 16.3 Å². The van der Waals surface area contributed by atoms with Crippen LogP contribution in [0.5, 0.6) is 0 Å². The number of hydrazine groups is 1. The maximum absolute atomic E-state index is 4.98. The number of benzene rings is 1. The highest BCUT2D eigenvalue weighted by Gasteiger charge is 1.92. The van der Waals surface area contributed by atoms with E-state index in [0.29, 0.717) is 5.11 Å². The Kier molecular flexibility index (Phi) is 4.56. The number of para-hydroxylation sites is 1. The van der Waals surface area contributed by atoms with Crippen LogP contribution in [0, 0.1) is 0 Å². The molecular weight excluding hydrogens is 208 g/mol. The highest BCUT2D eigenvalue weighted by molar-refractivity contribution is 7.80. The Morgan fingerprint density at radius 3 is 2.47 bits per heavy atom. The fraction of sp³-hybridized carbons (Fsp3) is 0.200. The van der Waals surface area contributed by atoms with Gasteiger partial charge in [0.1, 0.15) is 0 Å². The Balaban J connectivity index is 2.32. The van der Waals surface area contributed by atoms with Crippen molar-refractivity contribution in [3.63, 3.8) is 0 Å². The van der Waals surface area contributed by atoms with Crippen LogP contribution in [0.15, 0.2) is 35.4 Å². The average molecular weight is 222 g/mol. The maximum atomic E-state index is 4.98. The second kappa shape index (κ2) is 5.98. The minimum absolute atomic E-state index is 0.431. The van der Waals surface area contributed by atoms with Gasteiger partial charge in [0.15, 0.2) is 0 Å². The third-order valence-corrected chi connectivity index (χ3v) is 1.67. The molecule has 0 saturated carbocycles. The lowest BCUT2D eigenvalue weighted by Gasteiger charge is -2.09. The number of rotatable bonds is 3. The van der Waals surface area contributed by atoms with E-state index in [2.05, 4.69) is 21.4 Å². The molecule has 0 radical (unpaired) electrons. The first-order valence-electron chi connectivity index (χ1n) is 4.56. The second-order valence-corrected chi connectivity index (χ2v) is 3.52. The standard InChI is InChI=1S/C10H14N4S/c1-8(2)11-13-10(15)14-12-9-6-4-3-5-7-9/h3-7,12H,1-2H3,(H2,13,14,15). The number of hydrogen-bond acceptors (Lipinski definition) is 3. The lowest BCUT2D eigenvalue weighted by Crippen LogP contribution is -2.36. The van der Waals surface area contributed by atoms with Crippen LogP contribution >= 0.6 is 12.2 Å². The molecule has 0 saturated heterocycles. The predicted molar refractivity (Wildman–Crippen MR) is 67.7 cm³/mol. The van der Waals surface area contributed by atoms with Crippen LogP contribution in [0.2, 0.25) is 0 Å². The maximum Gasteiger partial charge on any atom is 0.205 e. The lowest BCUT2D eigenvalue weighted by molar-refractivity contribution is 0.961. The van der Waals surface area contributed by atoms with Crippen LogP contribution in [0.1, 0.15) is 13.8 Å². The van der Waals surface area contributed by atoms with Gasteiger partial charge in [0.2, 0.25) is 5.11 Å². The molecule has 0 bridgehead atoms. The fourth-order valence-corrected chi connectivity index (χ4v) is 0.938. The van der Waals surface area contributed by atoms with E-state index in [1.54, 1.807) is 0 Å². The zero-order chi connectivity index (χ0) is 11.1. The zero-order valence-electron chi connectivity index (χ0n) is 8.74. The number of nitrogens with one attached hydrogen (secondary N) is 3. The van der Waals surface area contributed by atoms with Gasteiger partial charge in [-0.25, -0.2) is 0 Å². The van der Waals surface area contributed by atoms with Crippen molar-refractivity contribution in [2.75, 3.05) is 5.43 Å². The number of anilines is 1. The molecule has 0 unspecified atom stereocenters. The first kappa shape index (κ1) is 11.5. The summed E-state index contributed by atoms with van der Waals surface area (Å²) in [5.74, 6) is 0. The van der Waals surface area contributed by atoms with Gasteiger partial charge in [-0.05, 0) is 38.2 Å². The van der Waals surface area contributed by atoms with Gasteiger partial charge in [0.25, 0.3) is 0 Å². The molecule has 1 rings (SSSR count). The lowest BCUT2D eigenvalue weighted by atomic mass is 10.3. The van der Waals surface area contributed by atoms with Crippen LogP contribution in [0.3, 0.4) is 0 Å². The number of nitrogens with zero attached hydrogens (tertiary/aromatic N) is 1. The summed E-state index contributed by atoms with van der Waals surface area (Å²) in [4.78, 5) is 0. The van der Waals surface area contributed by atoms with Crippen molar-refractivity contribution in [2.45, 2.75) is 13.8 Å². The zero-order valence-corrected chi connectivity index (χ0v) is 9.56.